The lowest BCUT2D eigenvalue weighted by molar-refractivity contribution is -0.122. The van der Waals surface area contributed by atoms with Crippen LogP contribution in [0.1, 0.15) is 22.5 Å². The van der Waals surface area contributed by atoms with Crippen LogP contribution >= 0.6 is 11.6 Å². The first-order valence-corrected chi connectivity index (χ1v) is 10.2. The molecule has 162 valence electrons. The van der Waals surface area contributed by atoms with Crippen molar-refractivity contribution in [2.45, 2.75) is 20.8 Å². The van der Waals surface area contributed by atoms with Gasteiger partial charge >= 0.3 is 6.03 Å². The number of barbiturate groups is 1. The first-order chi connectivity index (χ1) is 15.2. The van der Waals surface area contributed by atoms with Crippen molar-refractivity contribution in [3.8, 4) is 5.69 Å². The maximum absolute atomic E-state index is 13.3. The minimum atomic E-state index is -0.885. The third kappa shape index (κ3) is 3.61. The summed E-state index contributed by atoms with van der Waals surface area (Å²) < 4.78 is 15.3. The predicted octanol–water partition coefficient (Wildman–Crippen LogP) is 4.86. The second kappa shape index (κ2) is 8.09. The van der Waals surface area contributed by atoms with Crippen molar-refractivity contribution in [1.82, 2.24) is 9.88 Å². The van der Waals surface area contributed by atoms with E-state index in [9.17, 15) is 18.8 Å². The van der Waals surface area contributed by atoms with Crippen LogP contribution in [0.4, 0.5) is 14.9 Å². The summed E-state index contributed by atoms with van der Waals surface area (Å²) in [6.45, 7) is 5.69. The van der Waals surface area contributed by atoms with Gasteiger partial charge in [0.2, 0.25) is 0 Å². The van der Waals surface area contributed by atoms with E-state index in [-0.39, 0.29) is 11.3 Å². The van der Waals surface area contributed by atoms with Crippen LogP contribution in [0.5, 0.6) is 0 Å². The number of hydrogen-bond donors (Lipinski definition) is 1. The van der Waals surface area contributed by atoms with Crippen LogP contribution < -0.4 is 10.2 Å². The van der Waals surface area contributed by atoms with Gasteiger partial charge in [-0.2, -0.15) is 0 Å². The molecule has 0 bridgehead atoms. The second-order valence-corrected chi connectivity index (χ2v) is 7.89. The highest BCUT2D eigenvalue weighted by atomic mass is 35.5. The molecule has 0 saturated carbocycles. The third-order valence-corrected chi connectivity index (χ3v) is 5.85. The molecule has 1 saturated heterocycles. The maximum Gasteiger partial charge on any atom is 0.335 e. The number of anilines is 1. The molecule has 4 rings (SSSR count). The van der Waals surface area contributed by atoms with Crippen molar-refractivity contribution in [3.05, 3.63) is 87.5 Å². The topological polar surface area (TPSA) is 71.4 Å². The molecule has 4 amide bonds. The number of nitrogens with zero attached hydrogens (tertiary/aromatic N) is 2. The number of carbonyl (C=O) groups is 3. The molecule has 8 heteroatoms. The molecule has 1 aliphatic heterocycles. The second-order valence-electron chi connectivity index (χ2n) is 7.48. The Bertz CT molecular complexity index is 1310. The molecule has 3 aromatic rings. The van der Waals surface area contributed by atoms with Crippen LogP contribution in [-0.2, 0) is 9.59 Å². The van der Waals surface area contributed by atoms with Crippen molar-refractivity contribution in [1.29, 1.82) is 0 Å². The van der Waals surface area contributed by atoms with Gasteiger partial charge in [-0.05, 0) is 80.4 Å². The van der Waals surface area contributed by atoms with Gasteiger partial charge < -0.3 is 4.57 Å². The van der Waals surface area contributed by atoms with E-state index < -0.39 is 23.7 Å². The summed E-state index contributed by atoms with van der Waals surface area (Å²) >= 11 is 6.28. The van der Waals surface area contributed by atoms with E-state index in [1.807, 2.05) is 49.6 Å². The lowest BCUT2D eigenvalue weighted by atomic mass is 10.1. The Kier molecular flexibility index (Phi) is 5.44. The van der Waals surface area contributed by atoms with Crippen LogP contribution in [-0.4, -0.2) is 22.4 Å². The first kappa shape index (κ1) is 21.5. The van der Waals surface area contributed by atoms with E-state index in [4.69, 9.17) is 11.6 Å². The zero-order valence-corrected chi connectivity index (χ0v) is 18.3. The normalized spacial score (nSPS) is 15.5. The highest BCUT2D eigenvalue weighted by Gasteiger charge is 2.37. The third-order valence-electron chi connectivity index (χ3n) is 5.44. The average molecular weight is 452 g/mol. The summed E-state index contributed by atoms with van der Waals surface area (Å²) in [4.78, 5) is 38.7. The van der Waals surface area contributed by atoms with Gasteiger partial charge in [0.25, 0.3) is 11.8 Å². The summed E-state index contributed by atoms with van der Waals surface area (Å²) in [5.41, 5.74) is 4.08. The Morgan fingerprint density at radius 3 is 2.38 bits per heavy atom. The molecule has 1 N–H and O–H groups in total. The number of carbonyl (C=O) groups excluding carboxylic acids is 3. The van der Waals surface area contributed by atoms with E-state index in [2.05, 4.69) is 5.32 Å². The number of nitrogens with one attached hydrogen (secondary N) is 1. The highest BCUT2D eigenvalue weighted by Crippen LogP contribution is 2.29. The number of benzene rings is 2. The molecular formula is C24H19ClFN3O3. The summed E-state index contributed by atoms with van der Waals surface area (Å²) in [5.74, 6) is -2.08. The molecule has 0 atom stereocenters. The Labute approximate surface area is 188 Å². The number of amides is 4. The molecular weight excluding hydrogens is 433 g/mol. The Morgan fingerprint density at radius 2 is 1.69 bits per heavy atom. The quantitative estimate of drug-likeness (QED) is 0.456. The molecule has 2 heterocycles. The van der Waals surface area contributed by atoms with Gasteiger partial charge in [0, 0.05) is 22.1 Å². The predicted molar refractivity (Wildman–Crippen MR) is 120 cm³/mol. The number of aromatic nitrogens is 1. The summed E-state index contributed by atoms with van der Waals surface area (Å²) in [6, 6.07) is 11.4. The smallest absolute Gasteiger partial charge is 0.318 e. The Balaban J connectivity index is 1.78. The number of rotatable bonds is 3. The largest absolute Gasteiger partial charge is 0.335 e. The molecule has 1 fully saturated rings. The summed E-state index contributed by atoms with van der Waals surface area (Å²) in [7, 11) is 0. The van der Waals surface area contributed by atoms with Crippen molar-refractivity contribution in [2.75, 3.05) is 4.90 Å². The summed E-state index contributed by atoms with van der Waals surface area (Å²) in [6.07, 6.45) is 1.46. The van der Waals surface area contributed by atoms with E-state index in [1.54, 1.807) is 0 Å². The zero-order chi connectivity index (χ0) is 23.2. The first-order valence-electron chi connectivity index (χ1n) is 9.80. The maximum atomic E-state index is 13.3. The molecule has 0 aliphatic carbocycles. The molecule has 1 aliphatic rings. The fraction of sp³-hybridized carbons (Fsp3) is 0.125. The van der Waals surface area contributed by atoms with Crippen LogP contribution in [0.25, 0.3) is 11.8 Å². The molecule has 0 spiro atoms. The van der Waals surface area contributed by atoms with Crippen LogP contribution in [0.3, 0.4) is 0 Å². The summed E-state index contributed by atoms with van der Waals surface area (Å²) in [5, 5.41) is 2.80. The zero-order valence-electron chi connectivity index (χ0n) is 17.6. The minimum Gasteiger partial charge on any atom is -0.318 e. The molecule has 0 unspecified atom stereocenters. The molecule has 1 aromatic heterocycles. The Morgan fingerprint density at radius 1 is 1.00 bits per heavy atom. The number of halogens is 2. The SMILES string of the molecule is Cc1c(Cl)cccc1-n1c(C)cc(/C=C2\C(=O)NC(=O)N(c3ccc(F)cc3)C2=O)c1C. The average Bonchev–Trinajstić information content (AvgIpc) is 3.01. The number of urea groups is 1. The monoisotopic (exact) mass is 451 g/mol. The van der Waals surface area contributed by atoms with Gasteiger partial charge in [0.15, 0.2) is 0 Å². The van der Waals surface area contributed by atoms with Crippen molar-refractivity contribution in [3.63, 3.8) is 0 Å². The van der Waals surface area contributed by atoms with E-state index in [0.29, 0.717) is 10.6 Å². The number of hydrogen-bond acceptors (Lipinski definition) is 3. The highest BCUT2D eigenvalue weighted by molar-refractivity contribution is 6.39. The van der Waals surface area contributed by atoms with Crippen LogP contribution in [0.2, 0.25) is 5.02 Å². The lowest BCUT2D eigenvalue weighted by Crippen LogP contribution is -2.54. The fourth-order valence-electron chi connectivity index (χ4n) is 3.78. The van der Waals surface area contributed by atoms with E-state index >= 15 is 0 Å². The lowest BCUT2D eigenvalue weighted by Gasteiger charge is -2.26. The van der Waals surface area contributed by atoms with Gasteiger partial charge in [-0.25, -0.2) is 14.1 Å². The van der Waals surface area contributed by atoms with Crippen molar-refractivity contribution < 1.29 is 18.8 Å². The number of aryl methyl sites for hydroxylation is 1. The van der Waals surface area contributed by atoms with Gasteiger partial charge in [-0.15, -0.1) is 0 Å². The fourth-order valence-corrected chi connectivity index (χ4v) is 3.95. The van der Waals surface area contributed by atoms with Crippen LogP contribution in [0, 0.1) is 26.6 Å². The molecule has 0 radical (unpaired) electrons. The van der Waals surface area contributed by atoms with Gasteiger partial charge in [0.1, 0.15) is 11.4 Å². The molecule has 2 aromatic carbocycles. The number of imide groups is 2. The van der Waals surface area contributed by atoms with E-state index in [1.165, 1.54) is 18.2 Å². The van der Waals surface area contributed by atoms with Crippen LogP contribution in [0.15, 0.2) is 54.1 Å². The Hall–Kier alpha value is -3.71. The van der Waals surface area contributed by atoms with Gasteiger partial charge in [-0.3, -0.25) is 14.9 Å². The molecule has 6 nitrogen and oxygen atoms in total. The molecule has 32 heavy (non-hydrogen) atoms. The van der Waals surface area contributed by atoms with Gasteiger partial charge in [0.05, 0.1) is 5.69 Å². The van der Waals surface area contributed by atoms with Crippen molar-refractivity contribution >= 4 is 41.2 Å². The minimum absolute atomic E-state index is 0.160. The standard InChI is InChI=1S/C24H19ClFN3O3/c1-13-11-16(15(3)28(13)21-6-4-5-20(25)14(21)2)12-19-22(30)27-24(32)29(23(19)31)18-9-7-17(26)8-10-18/h4-12H,1-3H3,(H,27,30,32)/b19-12+. The van der Waals surface area contributed by atoms with E-state index in [0.717, 1.165) is 39.7 Å². The van der Waals surface area contributed by atoms with Gasteiger partial charge in [-0.1, -0.05) is 17.7 Å². The van der Waals surface area contributed by atoms with Crippen molar-refractivity contribution in [2.24, 2.45) is 0 Å².